The Hall–Kier alpha value is -2.58. The molecule has 2 aromatic rings. The van der Waals surface area contributed by atoms with Crippen LogP contribution in [0.4, 0.5) is 0 Å². The molecule has 0 bridgehead atoms. The standard InChI is InChI=1S/C20H23N3O/c1-13-6-14(2)9-17(8-13)19(24)20(5,12-22-23-21)18-10-15(3)7-16(4)11-18/h6-11H,12H2,1-5H3. The number of Topliss-reactive ketones (excluding diaryl/α,β-unsaturated/α-hetero) is 1. The molecular weight excluding hydrogens is 298 g/mol. The van der Waals surface area contributed by atoms with Crippen molar-refractivity contribution in [2.24, 2.45) is 5.11 Å². The summed E-state index contributed by atoms with van der Waals surface area (Å²) in [4.78, 5) is 16.2. The van der Waals surface area contributed by atoms with Crippen LogP contribution in [0.15, 0.2) is 41.5 Å². The topological polar surface area (TPSA) is 65.8 Å². The van der Waals surface area contributed by atoms with E-state index in [1.807, 2.05) is 65.0 Å². The Morgan fingerprint density at radius 2 is 1.42 bits per heavy atom. The number of rotatable bonds is 5. The lowest BCUT2D eigenvalue weighted by molar-refractivity contribution is 0.0901. The molecule has 1 atom stereocenters. The molecule has 1 unspecified atom stereocenters. The molecule has 2 aromatic carbocycles. The van der Waals surface area contributed by atoms with Gasteiger partial charge >= 0.3 is 0 Å². The highest BCUT2D eigenvalue weighted by atomic mass is 16.1. The Balaban J connectivity index is 2.61. The van der Waals surface area contributed by atoms with E-state index in [0.29, 0.717) is 5.56 Å². The van der Waals surface area contributed by atoms with Gasteiger partial charge in [0.25, 0.3) is 0 Å². The molecule has 0 spiro atoms. The summed E-state index contributed by atoms with van der Waals surface area (Å²) in [5, 5.41) is 3.73. The van der Waals surface area contributed by atoms with Gasteiger partial charge in [-0.25, -0.2) is 0 Å². The minimum atomic E-state index is -0.886. The third-order valence-corrected chi connectivity index (χ3v) is 4.29. The van der Waals surface area contributed by atoms with Gasteiger partial charge in [0.1, 0.15) is 0 Å². The average molecular weight is 321 g/mol. The van der Waals surface area contributed by atoms with E-state index in [9.17, 15) is 4.79 Å². The predicted molar refractivity (Wildman–Crippen MR) is 97.5 cm³/mol. The summed E-state index contributed by atoms with van der Waals surface area (Å²) in [7, 11) is 0. The zero-order valence-electron chi connectivity index (χ0n) is 14.9. The molecule has 0 heterocycles. The maximum Gasteiger partial charge on any atom is 0.173 e. The summed E-state index contributed by atoms with van der Waals surface area (Å²) in [6.45, 7) is 9.92. The van der Waals surface area contributed by atoms with Crippen molar-refractivity contribution < 1.29 is 4.79 Å². The molecule has 0 aliphatic heterocycles. The van der Waals surface area contributed by atoms with Crippen molar-refractivity contribution in [1.82, 2.24) is 0 Å². The number of ketones is 1. The van der Waals surface area contributed by atoms with E-state index < -0.39 is 5.41 Å². The van der Waals surface area contributed by atoms with Gasteiger partial charge in [-0.05, 0) is 57.8 Å². The van der Waals surface area contributed by atoms with Crippen LogP contribution in [-0.4, -0.2) is 12.3 Å². The summed E-state index contributed by atoms with van der Waals surface area (Å²) in [6.07, 6.45) is 0. The second-order valence-electron chi connectivity index (χ2n) is 6.80. The number of nitrogens with zero attached hydrogens (tertiary/aromatic N) is 3. The van der Waals surface area contributed by atoms with Crippen molar-refractivity contribution in [2.75, 3.05) is 6.54 Å². The first kappa shape index (κ1) is 17.8. The summed E-state index contributed by atoms with van der Waals surface area (Å²) in [6, 6.07) is 11.9. The van der Waals surface area contributed by atoms with Crippen molar-refractivity contribution >= 4 is 5.78 Å². The maximum atomic E-state index is 13.3. The summed E-state index contributed by atoms with van der Waals surface area (Å²) in [5.41, 5.74) is 13.7. The number of aryl methyl sites for hydroxylation is 4. The highest BCUT2D eigenvalue weighted by Crippen LogP contribution is 2.31. The molecule has 0 aliphatic rings. The van der Waals surface area contributed by atoms with Crippen LogP contribution in [-0.2, 0) is 5.41 Å². The fourth-order valence-electron chi connectivity index (χ4n) is 3.18. The van der Waals surface area contributed by atoms with E-state index in [-0.39, 0.29) is 12.3 Å². The van der Waals surface area contributed by atoms with Gasteiger partial charge in [-0.3, -0.25) is 4.79 Å². The Bertz CT molecular complexity index is 794. The molecule has 0 fully saturated rings. The molecule has 0 saturated carbocycles. The van der Waals surface area contributed by atoms with Crippen LogP contribution in [0.3, 0.4) is 0 Å². The second-order valence-corrected chi connectivity index (χ2v) is 6.80. The lowest BCUT2D eigenvalue weighted by Crippen LogP contribution is -2.36. The lowest BCUT2D eigenvalue weighted by Gasteiger charge is -2.28. The Morgan fingerprint density at radius 3 is 1.88 bits per heavy atom. The van der Waals surface area contributed by atoms with Gasteiger partial charge in [-0.15, -0.1) is 0 Å². The minimum absolute atomic E-state index is 0.0216. The number of carbonyl (C=O) groups is 1. The molecule has 0 aromatic heterocycles. The summed E-state index contributed by atoms with van der Waals surface area (Å²) in [5.74, 6) is -0.0216. The molecule has 0 aliphatic carbocycles. The van der Waals surface area contributed by atoms with Gasteiger partial charge < -0.3 is 0 Å². The summed E-state index contributed by atoms with van der Waals surface area (Å²) < 4.78 is 0. The average Bonchev–Trinajstić information content (AvgIpc) is 2.50. The number of azide groups is 1. The molecule has 0 radical (unpaired) electrons. The first-order valence-corrected chi connectivity index (χ1v) is 7.99. The van der Waals surface area contributed by atoms with E-state index in [0.717, 1.165) is 27.8 Å². The van der Waals surface area contributed by atoms with E-state index in [1.165, 1.54) is 0 Å². The molecule has 0 saturated heterocycles. The van der Waals surface area contributed by atoms with Crippen LogP contribution in [0.25, 0.3) is 10.4 Å². The minimum Gasteiger partial charge on any atom is -0.293 e. The fourth-order valence-corrected chi connectivity index (χ4v) is 3.18. The van der Waals surface area contributed by atoms with Crippen LogP contribution >= 0.6 is 0 Å². The Kier molecular flexibility index (Phi) is 5.10. The Labute approximate surface area is 143 Å². The quantitative estimate of drug-likeness (QED) is 0.316. The lowest BCUT2D eigenvalue weighted by atomic mass is 9.75. The maximum absolute atomic E-state index is 13.3. The summed E-state index contributed by atoms with van der Waals surface area (Å²) >= 11 is 0. The number of hydrogen-bond acceptors (Lipinski definition) is 2. The third kappa shape index (κ3) is 3.66. The van der Waals surface area contributed by atoms with Gasteiger partial charge in [0, 0.05) is 17.0 Å². The molecule has 4 heteroatoms. The molecule has 124 valence electrons. The van der Waals surface area contributed by atoms with Crippen molar-refractivity contribution in [2.45, 2.75) is 40.0 Å². The number of hydrogen-bond donors (Lipinski definition) is 0. The molecule has 4 nitrogen and oxygen atoms in total. The predicted octanol–water partition coefficient (Wildman–Crippen LogP) is 5.37. The molecule has 2 rings (SSSR count). The van der Waals surface area contributed by atoms with E-state index in [4.69, 9.17) is 5.53 Å². The SMILES string of the molecule is Cc1cc(C)cc(C(=O)C(C)(CN=[N+]=[N-])c2cc(C)cc(C)c2)c1. The van der Waals surface area contributed by atoms with Crippen LogP contribution in [0.5, 0.6) is 0 Å². The normalized spacial score (nSPS) is 13.0. The smallest absolute Gasteiger partial charge is 0.173 e. The number of benzene rings is 2. The molecule has 0 N–H and O–H groups in total. The molecule has 24 heavy (non-hydrogen) atoms. The monoisotopic (exact) mass is 321 g/mol. The van der Waals surface area contributed by atoms with Gasteiger partial charge in [0.2, 0.25) is 0 Å². The van der Waals surface area contributed by atoms with Crippen molar-refractivity contribution in [3.05, 3.63) is 80.2 Å². The van der Waals surface area contributed by atoms with Crippen molar-refractivity contribution in [1.29, 1.82) is 0 Å². The van der Waals surface area contributed by atoms with Gasteiger partial charge in [0.15, 0.2) is 5.78 Å². The fraction of sp³-hybridized carbons (Fsp3) is 0.350. The number of carbonyl (C=O) groups excluding carboxylic acids is 1. The van der Waals surface area contributed by atoms with Crippen LogP contribution in [0.2, 0.25) is 0 Å². The van der Waals surface area contributed by atoms with E-state index in [1.54, 1.807) is 0 Å². The van der Waals surface area contributed by atoms with E-state index >= 15 is 0 Å². The zero-order valence-corrected chi connectivity index (χ0v) is 14.9. The van der Waals surface area contributed by atoms with E-state index in [2.05, 4.69) is 16.1 Å². The van der Waals surface area contributed by atoms with Gasteiger partial charge in [-0.1, -0.05) is 51.6 Å². The first-order chi connectivity index (χ1) is 11.3. The van der Waals surface area contributed by atoms with Gasteiger partial charge in [0.05, 0.1) is 5.41 Å². The van der Waals surface area contributed by atoms with Gasteiger partial charge in [-0.2, -0.15) is 0 Å². The molecular formula is C20H23N3O. The highest BCUT2D eigenvalue weighted by Gasteiger charge is 2.35. The molecule has 0 amide bonds. The van der Waals surface area contributed by atoms with Crippen LogP contribution < -0.4 is 0 Å². The van der Waals surface area contributed by atoms with Crippen molar-refractivity contribution in [3.8, 4) is 0 Å². The first-order valence-electron chi connectivity index (χ1n) is 7.99. The van der Waals surface area contributed by atoms with Crippen LogP contribution in [0.1, 0.15) is 45.1 Å². The Morgan fingerprint density at radius 1 is 0.958 bits per heavy atom. The zero-order chi connectivity index (χ0) is 17.9. The van der Waals surface area contributed by atoms with Crippen molar-refractivity contribution in [3.63, 3.8) is 0 Å². The second kappa shape index (κ2) is 6.90. The third-order valence-electron chi connectivity index (χ3n) is 4.29. The highest BCUT2D eigenvalue weighted by molar-refractivity contribution is 6.04. The largest absolute Gasteiger partial charge is 0.293 e. The van der Waals surface area contributed by atoms with Crippen LogP contribution in [0, 0.1) is 27.7 Å².